The lowest BCUT2D eigenvalue weighted by Gasteiger charge is -2.17. The summed E-state index contributed by atoms with van der Waals surface area (Å²) in [6.07, 6.45) is 0. The van der Waals surface area contributed by atoms with Crippen LogP contribution in [0.3, 0.4) is 0 Å². The maximum absolute atomic E-state index is 14.3. The number of carbonyl (C=O) groups is 2. The molecule has 1 heterocycles. The molecule has 4 aromatic rings. The van der Waals surface area contributed by atoms with Crippen molar-refractivity contribution in [1.82, 2.24) is 5.32 Å². The monoisotopic (exact) mass is 433 g/mol. The van der Waals surface area contributed by atoms with Crippen molar-refractivity contribution in [3.05, 3.63) is 102 Å². The third kappa shape index (κ3) is 4.86. The molecule has 0 aliphatic heterocycles. The average Bonchev–Trinajstić information content (AvgIpc) is 3.21. The molecule has 31 heavy (non-hydrogen) atoms. The van der Waals surface area contributed by atoms with Gasteiger partial charge in [0.1, 0.15) is 23.2 Å². The van der Waals surface area contributed by atoms with Gasteiger partial charge in [-0.1, -0.05) is 54.6 Å². The molecule has 1 N–H and O–H groups in total. The van der Waals surface area contributed by atoms with Crippen LogP contribution in [0.2, 0.25) is 0 Å². The summed E-state index contributed by atoms with van der Waals surface area (Å²) in [6.45, 7) is 1.39. The first-order chi connectivity index (χ1) is 15.0. The summed E-state index contributed by atoms with van der Waals surface area (Å²) in [5, 5.41) is 3.95. The van der Waals surface area contributed by atoms with Crippen LogP contribution in [0, 0.1) is 5.82 Å². The second-order valence-electron chi connectivity index (χ2n) is 7.09. The number of nitrogens with one attached hydrogen (secondary N) is 1. The van der Waals surface area contributed by atoms with E-state index in [-0.39, 0.29) is 17.4 Å². The van der Waals surface area contributed by atoms with Crippen LogP contribution in [-0.2, 0) is 4.79 Å². The molecule has 1 unspecified atom stereocenters. The minimum atomic E-state index is -0.512. The number of thioether (sulfide) groups is 1. The molecule has 0 spiro atoms. The van der Waals surface area contributed by atoms with E-state index in [1.54, 1.807) is 6.07 Å². The summed E-state index contributed by atoms with van der Waals surface area (Å²) < 4.78 is 20.2. The fourth-order valence-corrected chi connectivity index (χ4v) is 4.02. The second-order valence-corrected chi connectivity index (χ2v) is 8.11. The first kappa shape index (κ1) is 20.9. The zero-order chi connectivity index (χ0) is 21.8. The molecule has 0 bridgehead atoms. The minimum absolute atomic E-state index is 0.0277. The Morgan fingerprint density at radius 1 is 1.00 bits per heavy atom. The smallest absolute Gasteiger partial charge is 0.231 e. The summed E-state index contributed by atoms with van der Waals surface area (Å²) in [7, 11) is 0. The molecule has 0 aliphatic rings. The van der Waals surface area contributed by atoms with Crippen LogP contribution >= 0.6 is 11.8 Å². The number of amides is 1. The summed E-state index contributed by atoms with van der Waals surface area (Å²) in [5.74, 6) is -0.316. The van der Waals surface area contributed by atoms with Crippen molar-refractivity contribution >= 4 is 34.4 Å². The molecule has 1 amide bonds. The summed E-state index contributed by atoms with van der Waals surface area (Å²) in [5.41, 5.74) is 1.94. The maximum atomic E-state index is 14.3. The van der Waals surface area contributed by atoms with E-state index in [4.69, 9.17) is 4.42 Å². The number of benzene rings is 3. The third-order valence-electron chi connectivity index (χ3n) is 4.86. The fraction of sp³-hybridized carbons (Fsp3) is 0.120. The van der Waals surface area contributed by atoms with Gasteiger partial charge in [0.05, 0.1) is 5.75 Å². The molecule has 3 aromatic carbocycles. The van der Waals surface area contributed by atoms with E-state index < -0.39 is 11.9 Å². The van der Waals surface area contributed by atoms with Crippen molar-refractivity contribution in [2.75, 3.05) is 5.75 Å². The molecule has 1 atom stereocenters. The van der Waals surface area contributed by atoms with Crippen molar-refractivity contribution < 1.29 is 18.4 Å². The summed E-state index contributed by atoms with van der Waals surface area (Å²) >= 11 is 1.08. The Hall–Kier alpha value is -3.38. The van der Waals surface area contributed by atoms with Gasteiger partial charge in [0, 0.05) is 15.8 Å². The summed E-state index contributed by atoms with van der Waals surface area (Å²) in [6, 6.07) is 23.0. The molecule has 156 valence electrons. The Morgan fingerprint density at radius 3 is 2.45 bits per heavy atom. The summed E-state index contributed by atoms with van der Waals surface area (Å²) in [4.78, 5) is 24.4. The Labute approximate surface area is 183 Å². The van der Waals surface area contributed by atoms with Crippen molar-refractivity contribution in [3.8, 4) is 0 Å². The SMILES string of the molecule is CC(=O)c1ccc(SCC(=O)NC(c2ccccc2)c2cc3ccccc3o2)c(F)c1. The first-order valence-electron chi connectivity index (χ1n) is 9.77. The van der Waals surface area contributed by atoms with Crippen LogP contribution in [0.25, 0.3) is 11.0 Å². The standard InChI is InChI=1S/C25H20FNO3S/c1-16(28)18-11-12-23(20(26)13-18)31-15-24(29)27-25(17-7-3-2-4-8-17)22-14-19-9-5-6-10-21(19)30-22/h2-14,25H,15H2,1H3,(H,27,29). The van der Waals surface area contributed by atoms with Crippen molar-refractivity contribution in [2.24, 2.45) is 0 Å². The zero-order valence-electron chi connectivity index (χ0n) is 16.8. The van der Waals surface area contributed by atoms with Gasteiger partial charge >= 0.3 is 0 Å². The molecule has 1 aromatic heterocycles. The Balaban J connectivity index is 1.52. The number of hydrogen-bond donors (Lipinski definition) is 1. The quantitative estimate of drug-likeness (QED) is 0.297. The second kappa shape index (κ2) is 9.18. The van der Waals surface area contributed by atoms with E-state index in [0.717, 1.165) is 28.3 Å². The highest BCUT2D eigenvalue weighted by Gasteiger charge is 2.21. The topological polar surface area (TPSA) is 59.3 Å². The van der Waals surface area contributed by atoms with Crippen molar-refractivity contribution in [1.29, 1.82) is 0 Å². The maximum Gasteiger partial charge on any atom is 0.231 e. The molecular weight excluding hydrogens is 413 g/mol. The van der Waals surface area contributed by atoms with Gasteiger partial charge < -0.3 is 9.73 Å². The molecular formula is C25H20FNO3S. The van der Waals surface area contributed by atoms with E-state index >= 15 is 0 Å². The average molecular weight is 434 g/mol. The minimum Gasteiger partial charge on any atom is -0.459 e. The lowest BCUT2D eigenvalue weighted by molar-refractivity contribution is -0.119. The van der Waals surface area contributed by atoms with Crippen LogP contribution in [0.4, 0.5) is 4.39 Å². The Bertz CT molecular complexity index is 1200. The number of halogens is 1. The van der Waals surface area contributed by atoms with Gasteiger partial charge in [-0.15, -0.1) is 11.8 Å². The lowest BCUT2D eigenvalue weighted by Crippen LogP contribution is -2.30. The van der Waals surface area contributed by atoms with Crippen LogP contribution in [0.15, 0.2) is 88.2 Å². The van der Waals surface area contributed by atoms with Crippen LogP contribution in [-0.4, -0.2) is 17.4 Å². The molecule has 0 aliphatic carbocycles. The molecule has 0 saturated heterocycles. The number of carbonyl (C=O) groups excluding carboxylic acids is 2. The van der Waals surface area contributed by atoms with E-state index in [1.165, 1.54) is 19.1 Å². The van der Waals surface area contributed by atoms with E-state index in [9.17, 15) is 14.0 Å². The van der Waals surface area contributed by atoms with Gasteiger partial charge in [-0.05, 0) is 36.8 Å². The van der Waals surface area contributed by atoms with E-state index in [0.29, 0.717) is 16.2 Å². The molecule has 4 rings (SSSR count). The largest absolute Gasteiger partial charge is 0.459 e. The van der Waals surface area contributed by atoms with Crippen molar-refractivity contribution in [3.63, 3.8) is 0 Å². The third-order valence-corrected chi connectivity index (χ3v) is 5.91. The predicted molar refractivity (Wildman–Crippen MR) is 120 cm³/mol. The van der Waals surface area contributed by atoms with E-state index in [2.05, 4.69) is 5.32 Å². The van der Waals surface area contributed by atoms with E-state index in [1.807, 2.05) is 60.7 Å². The van der Waals surface area contributed by atoms with Gasteiger partial charge in [-0.3, -0.25) is 9.59 Å². The van der Waals surface area contributed by atoms with Crippen molar-refractivity contribution in [2.45, 2.75) is 17.9 Å². The predicted octanol–water partition coefficient (Wildman–Crippen LogP) is 5.77. The molecule has 6 heteroatoms. The molecule has 4 nitrogen and oxygen atoms in total. The molecule has 0 fully saturated rings. The van der Waals surface area contributed by atoms with Crippen LogP contribution in [0.5, 0.6) is 0 Å². The van der Waals surface area contributed by atoms with Crippen LogP contribution in [0.1, 0.15) is 34.6 Å². The molecule has 0 radical (unpaired) electrons. The zero-order valence-corrected chi connectivity index (χ0v) is 17.6. The first-order valence-corrected chi connectivity index (χ1v) is 10.8. The highest BCUT2D eigenvalue weighted by atomic mass is 32.2. The number of hydrogen-bond acceptors (Lipinski definition) is 4. The number of para-hydroxylation sites is 1. The highest BCUT2D eigenvalue weighted by molar-refractivity contribution is 8.00. The lowest BCUT2D eigenvalue weighted by atomic mass is 10.0. The highest BCUT2D eigenvalue weighted by Crippen LogP contribution is 2.29. The van der Waals surface area contributed by atoms with Gasteiger partial charge in [0.25, 0.3) is 0 Å². The number of rotatable bonds is 7. The van der Waals surface area contributed by atoms with Gasteiger partial charge in [-0.2, -0.15) is 0 Å². The van der Waals surface area contributed by atoms with Crippen LogP contribution < -0.4 is 5.32 Å². The number of ketones is 1. The fourth-order valence-electron chi connectivity index (χ4n) is 3.29. The molecule has 0 saturated carbocycles. The number of furan rings is 1. The number of Topliss-reactive ketones (excluding diaryl/α,β-unsaturated/α-hetero) is 1. The number of fused-ring (bicyclic) bond motifs is 1. The Morgan fingerprint density at radius 2 is 1.74 bits per heavy atom. The Kier molecular flexibility index (Phi) is 6.18. The van der Waals surface area contributed by atoms with Gasteiger partial charge in [-0.25, -0.2) is 4.39 Å². The van der Waals surface area contributed by atoms with Gasteiger partial charge in [0.15, 0.2) is 5.78 Å². The normalized spacial score (nSPS) is 11.9. The van der Waals surface area contributed by atoms with Gasteiger partial charge in [0.2, 0.25) is 5.91 Å².